The van der Waals surface area contributed by atoms with Crippen LogP contribution in [0.2, 0.25) is 5.02 Å². The number of hydrogen-bond donors (Lipinski definition) is 0. The van der Waals surface area contributed by atoms with Crippen LogP contribution in [0.4, 0.5) is 6.01 Å². The van der Waals surface area contributed by atoms with E-state index in [0.717, 1.165) is 55.2 Å². The Morgan fingerprint density at radius 1 is 1.27 bits per heavy atom. The van der Waals surface area contributed by atoms with Crippen molar-refractivity contribution in [1.82, 2.24) is 19.7 Å². The average Bonchev–Trinajstić information content (AvgIpc) is 3.23. The van der Waals surface area contributed by atoms with Gasteiger partial charge in [0.25, 0.3) is 6.01 Å². The Hall–Kier alpha value is -2.12. The topological polar surface area (TPSA) is 69.2 Å². The van der Waals surface area contributed by atoms with Crippen molar-refractivity contribution in [3.63, 3.8) is 0 Å². The van der Waals surface area contributed by atoms with Crippen molar-refractivity contribution in [2.45, 2.75) is 32.2 Å². The third kappa shape index (κ3) is 3.41. The van der Waals surface area contributed by atoms with Gasteiger partial charge in [0.1, 0.15) is 17.2 Å². The van der Waals surface area contributed by atoms with E-state index in [-0.39, 0.29) is 0 Å². The number of methoxy groups -OCH3 is 1. The normalized spacial score (nSPS) is 15.9. The fraction of sp³-hybridized carbons (Fsp3) is 0.500. The predicted molar refractivity (Wildman–Crippen MR) is 99.8 cm³/mol. The van der Waals surface area contributed by atoms with E-state index in [2.05, 4.69) is 20.0 Å². The number of aromatic nitrogens is 4. The van der Waals surface area contributed by atoms with Crippen LogP contribution in [0.5, 0.6) is 0 Å². The maximum Gasteiger partial charge on any atom is 0.298 e. The Morgan fingerprint density at radius 2 is 2.08 bits per heavy atom. The number of ether oxygens (including phenoxy) is 1. The van der Waals surface area contributed by atoms with Gasteiger partial charge in [0.05, 0.1) is 13.2 Å². The molecule has 0 N–H and O–H groups in total. The Kier molecular flexibility index (Phi) is 4.82. The summed E-state index contributed by atoms with van der Waals surface area (Å²) in [4.78, 5) is 11.4. The summed E-state index contributed by atoms with van der Waals surface area (Å²) in [6.45, 7) is 5.06. The number of rotatable bonds is 5. The molecule has 0 atom stereocenters. The molecule has 0 amide bonds. The molecule has 138 valence electrons. The van der Waals surface area contributed by atoms with E-state index in [1.165, 1.54) is 0 Å². The van der Waals surface area contributed by atoms with Gasteiger partial charge in [0.15, 0.2) is 5.58 Å². The van der Waals surface area contributed by atoms with Crippen LogP contribution in [-0.4, -0.2) is 46.6 Å². The second-order valence-electron chi connectivity index (χ2n) is 6.60. The van der Waals surface area contributed by atoms with E-state index in [0.29, 0.717) is 23.6 Å². The lowest BCUT2D eigenvalue weighted by Gasteiger charge is -2.30. The van der Waals surface area contributed by atoms with Crippen LogP contribution in [0, 0.1) is 6.92 Å². The molecular formula is C18H22ClN5O2. The molecule has 26 heavy (non-hydrogen) atoms. The van der Waals surface area contributed by atoms with E-state index in [1.807, 2.05) is 23.7 Å². The van der Waals surface area contributed by atoms with Gasteiger partial charge in [-0.3, -0.25) is 0 Å². The quantitative estimate of drug-likeness (QED) is 0.680. The van der Waals surface area contributed by atoms with Crippen molar-refractivity contribution >= 4 is 28.7 Å². The molecule has 0 spiro atoms. The molecule has 1 fully saturated rings. The first-order valence-corrected chi connectivity index (χ1v) is 9.23. The summed E-state index contributed by atoms with van der Waals surface area (Å²) in [5.74, 6) is 2.26. The van der Waals surface area contributed by atoms with Gasteiger partial charge >= 0.3 is 0 Å². The van der Waals surface area contributed by atoms with Gasteiger partial charge in [0, 0.05) is 37.2 Å². The summed E-state index contributed by atoms with van der Waals surface area (Å²) >= 11 is 6.03. The van der Waals surface area contributed by atoms with Crippen molar-refractivity contribution in [2.75, 3.05) is 31.7 Å². The smallest absolute Gasteiger partial charge is 0.298 e. The standard InChI is InChI=1S/C18H22ClN5O2/c1-12-20-17(24(22-12)9-10-25-2)13-5-7-23(8-6-13)18-21-15-4-3-14(19)11-16(15)26-18/h3-4,11,13H,5-10H2,1-2H3. The fourth-order valence-corrected chi connectivity index (χ4v) is 3.63. The Morgan fingerprint density at radius 3 is 2.85 bits per heavy atom. The Balaban J connectivity index is 1.46. The molecule has 7 nitrogen and oxygen atoms in total. The first-order chi connectivity index (χ1) is 12.6. The van der Waals surface area contributed by atoms with Crippen LogP contribution in [0.1, 0.15) is 30.4 Å². The minimum absolute atomic E-state index is 0.392. The van der Waals surface area contributed by atoms with Gasteiger partial charge in [-0.15, -0.1) is 0 Å². The van der Waals surface area contributed by atoms with E-state index >= 15 is 0 Å². The molecule has 3 heterocycles. The van der Waals surface area contributed by atoms with Gasteiger partial charge < -0.3 is 14.1 Å². The highest BCUT2D eigenvalue weighted by molar-refractivity contribution is 6.31. The first kappa shape index (κ1) is 17.3. The minimum Gasteiger partial charge on any atom is -0.423 e. The van der Waals surface area contributed by atoms with E-state index < -0.39 is 0 Å². The monoisotopic (exact) mass is 375 g/mol. The first-order valence-electron chi connectivity index (χ1n) is 8.85. The molecule has 3 aromatic rings. The zero-order valence-electron chi connectivity index (χ0n) is 15.0. The van der Waals surface area contributed by atoms with Crippen LogP contribution >= 0.6 is 11.6 Å². The molecule has 1 aromatic carbocycles. The van der Waals surface area contributed by atoms with Gasteiger partial charge in [-0.25, -0.2) is 9.67 Å². The molecule has 0 saturated carbocycles. The maximum absolute atomic E-state index is 6.03. The molecule has 2 aromatic heterocycles. The molecule has 0 aliphatic carbocycles. The lowest BCUT2D eigenvalue weighted by molar-refractivity contribution is 0.181. The van der Waals surface area contributed by atoms with Crippen molar-refractivity contribution in [3.05, 3.63) is 34.9 Å². The molecule has 1 aliphatic heterocycles. The maximum atomic E-state index is 6.03. The Bertz CT molecular complexity index is 898. The van der Waals surface area contributed by atoms with Crippen LogP contribution < -0.4 is 4.90 Å². The SMILES string of the molecule is COCCn1nc(C)nc1C1CCN(c2nc3ccc(Cl)cc3o2)CC1. The highest BCUT2D eigenvalue weighted by Gasteiger charge is 2.27. The zero-order valence-corrected chi connectivity index (χ0v) is 15.7. The number of aryl methyl sites for hydroxylation is 1. The van der Waals surface area contributed by atoms with Crippen molar-refractivity contribution in [1.29, 1.82) is 0 Å². The minimum atomic E-state index is 0.392. The lowest BCUT2D eigenvalue weighted by atomic mass is 9.96. The number of halogens is 1. The molecule has 1 aliphatic rings. The molecule has 0 radical (unpaired) electrons. The number of nitrogens with zero attached hydrogens (tertiary/aromatic N) is 5. The van der Waals surface area contributed by atoms with E-state index in [1.54, 1.807) is 13.2 Å². The molecule has 1 saturated heterocycles. The highest BCUT2D eigenvalue weighted by atomic mass is 35.5. The van der Waals surface area contributed by atoms with E-state index in [9.17, 15) is 0 Å². The zero-order chi connectivity index (χ0) is 18.1. The largest absolute Gasteiger partial charge is 0.423 e. The predicted octanol–water partition coefficient (Wildman–Crippen LogP) is 3.41. The van der Waals surface area contributed by atoms with Crippen molar-refractivity contribution < 1.29 is 9.15 Å². The number of anilines is 1. The molecule has 4 rings (SSSR count). The third-order valence-corrected chi connectivity index (χ3v) is 5.02. The summed E-state index contributed by atoms with van der Waals surface area (Å²) in [5.41, 5.74) is 1.56. The van der Waals surface area contributed by atoms with Crippen molar-refractivity contribution in [3.8, 4) is 0 Å². The van der Waals surface area contributed by atoms with Crippen LogP contribution in [-0.2, 0) is 11.3 Å². The molecule has 8 heteroatoms. The second-order valence-corrected chi connectivity index (χ2v) is 7.04. The van der Waals surface area contributed by atoms with Gasteiger partial charge in [-0.05, 0) is 31.9 Å². The van der Waals surface area contributed by atoms with Gasteiger partial charge in [-0.2, -0.15) is 10.1 Å². The Labute approximate surface area is 156 Å². The summed E-state index contributed by atoms with van der Waals surface area (Å²) in [7, 11) is 1.70. The van der Waals surface area contributed by atoms with E-state index in [4.69, 9.17) is 20.8 Å². The second kappa shape index (κ2) is 7.25. The van der Waals surface area contributed by atoms with Crippen LogP contribution in [0.3, 0.4) is 0 Å². The third-order valence-electron chi connectivity index (χ3n) is 4.78. The number of hydrogen-bond acceptors (Lipinski definition) is 6. The number of fused-ring (bicyclic) bond motifs is 1. The number of oxazole rings is 1. The lowest BCUT2D eigenvalue weighted by Crippen LogP contribution is -2.34. The molecular weight excluding hydrogens is 354 g/mol. The molecule has 0 bridgehead atoms. The van der Waals surface area contributed by atoms with Gasteiger partial charge in [0.2, 0.25) is 0 Å². The summed E-state index contributed by atoms with van der Waals surface area (Å²) in [6, 6.07) is 6.19. The van der Waals surface area contributed by atoms with Gasteiger partial charge in [-0.1, -0.05) is 11.6 Å². The average molecular weight is 376 g/mol. The van der Waals surface area contributed by atoms with Crippen LogP contribution in [0.15, 0.2) is 22.6 Å². The highest BCUT2D eigenvalue weighted by Crippen LogP contribution is 2.31. The van der Waals surface area contributed by atoms with Crippen LogP contribution in [0.25, 0.3) is 11.1 Å². The van der Waals surface area contributed by atoms with Crippen molar-refractivity contribution in [2.24, 2.45) is 0 Å². The summed E-state index contributed by atoms with van der Waals surface area (Å²) < 4.78 is 13.1. The number of piperidine rings is 1. The summed E-state index contributed by atoms with van der Waals surface area (Å²) in [6.07, 6.45) is 1.98. The number of benzene rings is 1. The molecule has 0 unspecified atom stereocenters. The summed E-state index contributed by atoms with van der Waals surface area (Å²) in [5, 5.41) is 5.16. The fourth-order valence-electron chi connectivity index (χ4n) is 3.47.